The molecule has 1 aliphatic carbocycles. The van der Waals surface area contributed by atoms with Crippen molar-refractivity contribution in [2.45, 2.75) is 19.3 Å². The van der Waals surface area contributed by atoms with E-state index in [0.717, 1.165) is 17.7 Å². The summed E-state index contributed by atoms with van der Waals surface area (Å²) in [4.78, 5) is 28.9. The molecule has 0 bridgehead atoms. The van der Waals surface area contributed by atoms with Gasteiger partial charge in [0.15, 0.2) is 0 Å². The minimum Gasteiger partial charge on any atom is -0.339 e. The first-order valence-electron chi connectivity index (χ1n) is 6.94. The molecular weight excluding hydrogens is 296 g/mol. The first-order valence-corrected chi connectivity index (χ1v) is 8.14. The van der Waals surface area contributed by atoms with E-state index in [4.69, 9.17) is 11.6 Å². The molecule has 1 aliphatic heterocycles. The van der Waals surface area contributed by atoms with Crippen LogP contribution in [0.3, 0.4) is 0 Å². The molecule has 3 rings (SSSR count). The van der Waals surface area contributed by atoms with Gasteiger partial charge >= 0.3 is 0 Å². The summed E-state index contributed by atoms with van der Waals surface area (Å²) < 4.78 is 0.715. The molecule has 1 saturated carbocycles. The van der Waals surface area contributed by atoms with E-state index in [-0.39, 0.29) is 17.7 Å². The number of halogens is 1. The molecule has 108 valence electrons. The van der Waals surface area contributed by atoms with Crippen LogP contribution in [0.5, 0.6) is 0 Å². The van der Waals surface area contributed by atoms with Crippen LogP contribution in [-0.2, 0) is 16.0 Å². The molecule has 2 heterocycles. The van der Waals surface area contributed by atoms with Crippen LogP contribution in [0.15, 0.2) is 12.1 Å². The summed E-state index contributed by atoms with van der Waals surface area (Å²) in [6.45, 7) is 2.64. The van der Waals surface area contributed by atoms with E-state index in [1.807, 2.05) is 21.9 Å². The number of amides is 2. The van der Waals surface area contributed by atoms with Crippen LogP contribution in [0.1, 0.15) is 17.7 Å². The Morgan fingerprint density at radius 1 is 1.15 bits per heavy atom. The van der Waals surface area contributed by atoms with E-state index in [1.54, 1.807) is 0 Å². The topological polar surface area (TPSA) is 40.6 Å². The lowest BCUT2D eigenvalue weighted by molar-refractivity contribution is -0.139. The number of hydrogen-bond donors (Lipinski definition) is 0. The van der Waals surface area contributed by atoms with Crippen molar-refractivity contribution in [3.05, 3.63) is 21.3 Å². The summed E-state index contributed by atoms with van der Waals surface area (Å²) >= 11 is 7.32. The van der Waals surface area contributed by atoms with Crippen molar-refractivity contribution in [3.8, 4) is 0 Å². The number of carbonyl (C=O) groups excluding carboxylic acids is 2. The fourth-order valence-corrected chi connectivity index (χ4v) is 3.55. The van der Waals surface area contributed by atoms with E-state index in [9.17, 15) is 9.59 Å². The molecule has 2 aliphatic rings. The SMILES string of the molecule is O=C(Cc1ccc(Cl)s1)N1CCN(C(=O)C2CC2)CC1. The fourth-order valence-electron chi connectivity index (χ4n) is 2.47. The zero-order chi connectivity index (χ0) is 14.1. The Bertz CT molecular complexity index is 519. The lowest BCUT2D eigenvalue weighted by atomic mass is 10.2. The van der Waals surface area contributed by atoms with Crippen LogP contribution in [0.2, 0.25) is 4.34 Å². The van der Waals surface area contributed by atoms with Gasteiger partial charge in [0.05, 0.1) is 10.8 Å². The molecular formula is C14H17ClN2O2S. The quantitative estimate of drug-likeness (QED) is 0.857. The standard InChI is InChI=1S/C14H17ClN2O2S/c15-12-4-3-11(20-12)9-13(18)16-5-7-17(8-6-16)14(19)10-1-2-10/h3-4,10H,1-2,5-9H2. The summed E-state index contributed by atoms with van der Waals surface area (Å²) in [5.74, 6) is 0.676. The predicted octanol–water partition coefficient (Wildman–Crippen LogP) is 2.02. The minimum atomic E-state index is 0.127. The van der Waals surface area contributed by atoms with Gasteiger partial charge in [-0.2, -0.15) is 0 Å². The monoisotopic (exact) mass is 312 g/mol. The lowest BCUT2D eigenvalue weighted by Gasteiger charge is -2.35. The number of carbonyl (C=O) groups is 2. The van der Waals surface area contributed by atoms with E-state index in [1.165, 1.54) is 11.3 Å². The van der Waals surface area contributed by atoms with Gasteiger partial charge in [-0.3, -0.25) is 9.59 Å². The molecule has 0 N–H and O–H groups in total. The predicted molar refractivity (Wildman–Crippen MR) is 78.9 cm³/mol. The van der Waals surface area contributed by atoms with E-state index in [0.29, 0.717) is 36.9 Å². The molecule has 0 spiro atoms. The number of rotatable bonds is 3. The van der Waals surface area contributed by atoms with Crippen LogP contribution in [-0.4, -0.2) is 47.8 Å². The maximum absolute atomic E-state index is 12.2. The van der Waals surface area contributed by atoms with Crippen LogP contribution in [0.25, 0.3) is 0 Å². The van der Waals surface area contributed by atoms with Crippen molar-refractivity contribution in [3.63, 3.8) is 0 Å². The van der Waals surface area contributed by atoms with Crippen molar-refractivity contribution in [2.75, 3.05) is 26.2 Å². The molecule has 2 fully saturated rings. The Labute approximate surface area is 127 Å². The van der Waals surface area contributed by atoms with Crippen molar-refractivity contribution in [2.24, 2.45) is 5.92 Å². The molecule has 0 aromatic carbocycles. The van der Waals surface area contributed by atoms with E-state index >= 15 is 0 Å². The third-order valence-corrected chi connectivity index (χ3v) is 5.06. The third kappa shape index (κ3) is 3.15. The maximum atomic E-state index is 12.2. The normalized spacial score (nSPS) is 19.2. The largest absolute Gasteiger partial charge is 0.339 e. The second kappa shape index (κ2) is 5.74. The number of nitrogens with zero attached hydrogens (tertiary/aromatic N) is 2. The van der Waals surface area contributed by atoms with E-state index < -0.39 is 0 Å². The van der Waals surface area contributed by atoms with Crippen molar-refractivity contribution in [1.82, 2.24) is 9.80 Å². The second-order valence-corrected chi connectivity index (χ2v) is 7.16. The number of thiophene rings is 1. The highest BCUT2D eigenvalue weighted by Crippen LogP contribution is 2.31. The van der Waals surface area contributed by atoms with Crippen LogP contribution in [0, 0.1) is 5.92 Å². The summed E-state index contributed by atoms with van der Waals surface area (Å²) in [5, 5.41) is 0. The summed E-state index contributed by atoms with van der Waals surface area (Å²) in [7, 11) is 0. The first-order chi connectivity index (χ1) is 9.63. The van der Waals surface area contributed by atoms with Crippen LogP contribution < -0.4 is 0 Å². The smallest absolute Gasteiger partial charge is 0.227 e. The summed E-state index contributed by atoms with van der Waals surface area (Å²) in [5.41, 5.74) is 0. The maximum Gasteiger partial charge on any atom is 0.227 e. The summed E-state index contributed by atoms with van der Waals surface area (Å²) in [6.07, 6.45) is 2.49. The first kappa shape index (κ1) is 13.9. The van der Waals surface area contributed by atoms with Gasteiger partial charge < -0.3 is 9.80 Å². The molecule has 6 heteroatoms. The summed E-state index contributed by atoms with van der Waals surface area (Å²) in [6, 6.07) is 3.72. The molecule has 1 aromatic rings. The zero-order valence-corrected chi connectivity index (χ0v) is 12.8. The Hall–Kier alpha value is -1.07. The van der Waals surface area contributed by atoms with Crippen molar-refractivity contribution in [1.29, 1.82) is 0 Å². The van der Waals surface area contributed by atoms with Crippen LogP contribution in [0.4, 0.5) is 0 Å². The second-order valence-electron chi connectivity index (χ2n) is 5.36. The van der Waals surface area contributed by atoms with Gasteiger partial charge in [-0.05, 0) is 25.0 Å². The highest BCUT2D eigenvalue weighted by Gasteiger charge is 2.35. The Morgan fingerprint density at radius 3 is 2.35 bits per heavy atom. The highest BCUT2D eigenvalue weighted by atomic mass is 35.5. The molecule has 2 amide bonds. The van der Waals surface area contributed by atoms with Crippen molar-refractivity contribution < 1.29 is 9.59 Å². The molecule has 20 heavy (non-hydrogen) atoms. The molecule has 4 nitrogen and oxygen atoms in total. The van der Waals surface area contributed by atoms with E-state index in [2.05, 4.69) is 0 Å². The highest BCUT2D eigenvalue weighted by molar-refractivity contribution is 7.16. The van der Waals surface area contributed by atoms with Gasteiger partial charge in [0.2, 0.25) is 11.8 Å². The molecule has 0 atom stereocenters. The van der Waals surface area contributed by atoms with Gasteiger partial charge in [0, 0.05) is 37.0 Å². The molecule has 1 aromatic heterocycles. The average molecular weight is 313 g/mol. The third-order valence-electron chi connectivity index (χ3n) is 3.82. The zero-order valence-electron chi connectivity index (χ0n) is 11.2. The fraction of sp³-hybridized carbons (Fsp3) is 0.571. The van der Waals surface area contributed by atoms with Gasteiger partial charge in [-0.1, -0.05) is 11.6 Å². The lowest BCUT2D eigenvalue weighted by Crippen LogP contribution is -2.51. The molecule has 0 radical (unpaired) electrons. The van der Waals surface area contributed by atoms with Gasteiger partial charge in [0.25, 0.3) is 0 Å². The average Bonchev–Trinajstić information content (AvgIpc) is 3.22. The van der Waals surface area contributed by atoms with Gasteiger partial charge in [-0.15, -0.1) is 11.3 Å². The Kier molecular flexibility index (Phi) is 3.98. The number of hydrogen-bond acceptors (Lipinski definition) is 3. The Morgan fingerprint density at radius 2 is 1.80 bits per heavy atom. The van der Waals surface area contributed by atoms with Gasteiger partial charge in [0.1, 0.15) is 0 Å². The van der Waals surface area contributed by atoms with Crippen LogP contribution >= 0.6 is 22.9 Å². The van der Waals surface area contributed by atoms with Crippen molar-refractivity contribution >= 4 is 34.8 Å². The molecule has 0 unspecified atom stereocenters. The minimum absolute atomic E-state index is 0.127. The Balaban J connectivity index is 1.49. The number of piperazine rings is 1. The van der Waals surface area contributed by atoms with Gasteiger partial charge in [-0.25, -0.2) is 0 Å². The molecule has 1 saturated heterocycles.